The van der Waals surface area contributed by atoms with Gasteiger partial charge in [-0.1, -0.05) is 0 Å². The number of amides is 1. The molecule has 1 aromatic rings. The zero-order valence-electron chi connectivity index (χ0n) is 12.6. The highest BCUT2D eigenvalue weighted by atomic mass is 16.3. The lowest BCUT2D eigenvalue weighted by Crippen LogP contribution is -2.34. The molecule has 0 spiro atoms. The minimum absolute atomic E-state index is 0.00568. The molecule has 5 heteroatoms. The third kappa shape index (κ3) is 6.02. The Morgan fingerprint density at radius 3 is 2.65 bits per heavy atom. The van der Waals surface area contributed by atoms with E-state index in [9.17, 15) is 14.7 Å². The second-order valence-corrected chi connectivity index (χ2v) is 5.99. The van der Waals surface area contributed by atoms with Crippen LogP contribution in [-0.2, 0) is 0 Å². The molecule has 1 aromatic heterocycles. The fourth-order valence-corrected chi connectivity index (χ4v) is 2.02. The molecule has 0 saturated carbocycles. The van der Waals surface area contributed by atoms with Crippen molar-refractivity contribution in [1.29, 1.82) is 0 Å². The van der Waals surface area contributed by atoms with Gasteiger partial charge in [-0.15, -0.1) is 0 Å². The quantitative estimate of drug-likeness (QED) is 0.742. The Morgan fingerprint density at radius 1 is 1.45 bits per heavy atom. The average Bonchev–Trinajstić information content (AvgIpc) is 2.25. The normalized spacial score (nSPS) is 13.1. The van der Waals surface area contributed by atoms with Gasteiger partial charge in [-0.25, -0.2) is 0 Å². The summed E-state index contributed by atoms with van der Waals surface area (Å²) in [5.41, 5.74) is 0.0913. The number of nitrogens with one attached hydrogen (secondary N) is 2. The topological polar surface area (TPSA) is 82.2 Å². The van der Waals surface area contributed by atoms with Crippen molar-refractivity contribution in [3.8, 4) is 0 Å². The maximum Gasteiger partial charge on any atom is 0.268 e. The minimum atomic E-state index is -0.675. The molecule has 20 heavy (non-hydrogen) atoms. The van der Waals surface area contributed by atoms with Gasteiger partial charge in [0.05, 0.1) is 5.60 Å². The van der Waals surface area contributed by atoms with Gasteiger partial charge in [0.15, 0.2) is 5.43 Å². The molecule has 0 fully saturated rings. The fraction of sp³-hybridized carbons (Fsp3) is 0.600. The monoisotopic (exact) mass is 280 g/mol. The zero-order chi connectivity index (χ0) is 15.3. The Kier molecular flexibility index (Phi) is 5.51. The molecule has 0 bridgehead atoms. The molecule has 0 saturated heterocycles. The van der Waals surface area contributed by atoms with Crippen molar-refractivity contribution in [3.63, 3.8) is 0 Å². The third-order valence-electron chi connectivity index (χ3n) is 3.03. The van der Waals surface area contributed by atoms with Gasteiger partial charge in [0, 0.05) is 23.9 Å². The molecule has 0 aliphatic heterocycles. The highest BCUT2D eigenvalue weighted by Gasteiger charge is 2.14. The molecule has 1 heterocycles. The molecule has 112 valence electrons. The molecule has 0 aliphatic rings. The number of aromatic nitrogens is 1. The van der Waals surface area contributed by atoms with Crippen molar-refractivity contribution < 1.29 is 9.90 Å². The van der Waals surface area contributed by atoms with Crippen LogP contribution in [0.5, 0.6) is 0 Å². The number of aromatic amines is 1. The van der Waals surface area contributed by atoms with Gasteiger partial charge in [-0.3, -0.25) is 9.59 Å². The summed E-state index contributed by atoms with van der Waals surface area (Å²) in [5, 5.41) is 12.5. The minimum Gasteiger partial charge on any atom is -0.390 e. The maximum atomic E-state index is 12.0. The van der Waals surface area contributed by atoms with Gasteiger partial charge < -0.3 is 15.4 Å². The van der Waals surface area contributed by atoms with Crippen LogP contribution in [0.15, 0.2) is 16.9 Å². The highest BCUT2D eigenvalue weighted by Crippen LogP contribution is 2.13. The predicted molar refractivity (Wildman–Crippen MR) is 78.9 cm³/mol. The molecule has 3 N–H and O–H groups in total. The molecule has 0 unspecified atom stereocenters. The van der Waals surface area contributed by atoms with E-state index >= 15 is 0 Å². The summed E-state index contributed by atoms with van der Waals surface area (Å²) in [6.07, 6.45) is 2.30. The summed E-state index contributed by atoms with van der Waals surface area (Å²) in [6, 6.07) is 2.74. The summed E-state index contributed by atoms with van der Waals surface area (Å²) in [7, 11) is 0. The number of rotatable bonds is 6. The lowest BCUT2D eigenvalue weighted by Gasteiger charge is -2.19. The standard InChI is InChI=1S/C15H24N2O3/c1-10(6-5-7-15(3,4)20)17-14(19)13-9-12(18)8-11(2)16-13/h8-10,20H,5-7H2,1-4H3,(H,16,18)(H,17,19)/t10-/m0/s1. The number of carbonyl (C=O) groups is 1. The first-order valence-electron chi connectivity index (χ1n) is 6.91. The van der Waals surface area contributed by atoms with Crippen LogP contribution in [0.1, 0.15) is 56.2 Å². The largest absolute Gasteiger partial charge is 0.390 e. The second-order valence-electron chi connectivity index (χ2n) is 5.99. The van der Waals surface area contributed by atoms with E-state index in [0.29, 0.717) is 12.1 Å². The molecule has 0 radical (unpaired) electrons. The molecule has 0 aliphatic carbocycles. The van der Waals surface area contributed by atoms with E-state index in [2.05, 4.69) is 10.3 Å². The Labute approximate surface area is 119 Å². The van der Waals surface area contributed by atoms with Gasteiger partial charge in [0.2, 0.25) is 0 Å². The molecule has 1 atom stereocenters. The summed E-state index contributed by atoms with van der Waals surface area (Å²) in [6.45, 7) is 7.20. The van der Waals surface area contributed by atoms with Crippen molar-refractivity contribution in [3.05, 3.63) is 33.7 Å². The van der Waals surface area contributed by atoms with Crippen LogP contribution in [0.2, 0.25) is 0 Å². The number of pyridine rings is 1. The molecular formula is C15H24N2O3. The van der Waals surface area contributed by atoms with E-state index in [-0.39, 0.29) is 23.1 Å². The van der Waals surface area contributed by atoms with Crippen LogP contribution in [0.25, 0.3) is 0 Å². The van der Waals surface area contributed by atoms with Crippen LogP contribution in [0, 0.1) is 6.92 Å². The lowest BCUT2D eigenvalue weighted by molar-refractivity contribution is 0.0674. The van der Waals surface area contributed by atoms with E-state index in [0.717, 1.165) is 12.8 Å². The van der Waals surface area contributed by atoms with E-state index in [1.807, 2.05) is 6.92 Å². The maximum absolute atomic E-state index is 12.0. The van der Waals surface area contributed by atoms with Crippen molar-refractivity contribution >= 4 is 5.91 Å². The lowest BCUT2D eigenvalue weighted by atomic mass is 10.00. The van der Waals surface area contributed by atoms with Gasteiger partial charge >= 0.3 is 0 Å². The number of H-pyrrole nitrogens is 1. The van der Waals surface area contributed by atoms with Crippen LogP contribution in [0.3, 0.4) is 0 Å². The SMILES string of the molecule is Cc1cc(=O)cc(C(=O)N[C@@H](C)CCCC(C)(C)O)[nH]1. The molecular weight excluding hydrogens is 256 g/mol. The van der Waals surface area contributed by atoms with Crippen molar-refractivity contribution in [1.82, 2.24) is 10.3 Å². The molecule has 5 nitrogen and oxygen atoms in total. The van der Waals surface area contributed by atoms with E-state index < -0.39 is 5.60 Å². The van der Waals surface area contributed by atoms with Gasteiger partial charge in [0.1, 0.15) is 5.69 Å². The Hall–Kier alpha value is -1.62. The highest BCUT2D eigenvalue weighted by molar-refractivity contribution is 5.92. The number of aliphatic hydroxyl groups is 1. The van der Waals surface area contributed by atoms with E-state index in [1.54, 1.807) is 20.8 Å². The second kappa shape index (κ2) is 6.70. The zero-order valence-corrected chi connectivity index (χ0v) is 12.6. The molecule has 1 rings (SSSR count). The summed E-state index contributed by atoms with van der Waals surface area (Å²) < 4.78 is 0. The number of hydrogen-bond acceptors (Lipinski definition) is 3. The average molecular weight is 280 g/mol. The van der Waals surface area contributed by atoms with Crippen molar-refractivity contribution in [2.24, 2.45) is 0 Å². The number of hydrogen-bond donors (Lipinski definition) is 3. The van der Waals surface area contributed by atoms with Crippen LogP contribution >= 0.6 is 0 Å². The molecule has 0 aromatic carbocycles. The first-order valence-corrected chi connectivity index (χ1v) is 6.91. The first kappa shape index (κ1) is 16.4. The Morgan fingerprint density at radius 2 is 2.10 bits per heavy atom. The van der Waals surface area contributed by atoms with Crippen LogP contribution in [-0.4, -0.2) is 27.6 Å². The number of carbonyl (C=O) groups excluding carboxylic acids is 1. The van der Waals surface area contributed by atoms with Gasteiger partial charge in [-0.05, 0) is 47.0 Å². The van der Waals surface area contributed by atoms with Crippen LogP contribution < -0.4 is 10.7 Å². The predicted octanol–water partition coefficient (Wildman–Crippen LogP) is 1.74. The van der Waals surface area contributed by atoms with Crippen molar-refractivity contribution in [2.45, 2.75) is 58.6 Å². The smallest absolute Gasteiger partial charge is 0.268 e. The summed E-state index contributed by atoms with van der Waals surface area (Å²) in [4.78, 5) is 26.2. The van der Waals surface area contributed by atoms with Gasteiger partial charge in [-0.2, -0.15) is 0 Å². The third-order valence-corrected chi connectivity index (χ3v) is 3.03. The molecule has 1 amide bonds. The first-order chi connectivity index (χ1) is 9.17. The summed E-state index contributed by atoms with van der Waals surface area (Å²) >= 11 is 0. The van der Waals surface area contributed by atoms with Gasteiger partial charge in [0.25, 0.3) is 5.91 Å². The van der Waals surface area contributed by atoms with Crippen LogP contribution in [0.4, 0.5) is 0 Å². The van der Waals surface area contributed by atoms with E-state index in [4.69, 9.17) is 0 Å². The van der Waals surface area contributed by atoms with E-state index in [1.165, 1.54) is 12.1 Å². The Balaban J connectivity index is 2.51. The van der Waals surface area contributed by atoms with Crippen molar-refractivity contribution in [2.75, 3.05) is 0 Å². The summed E-state index contributed by atoms with van der Waals surface area (Å²) in [5.74, 6) is -0.276. The fourth-order valence-electron chi connectivity index (χ4n) is 2.02. The Bertz CT molecular complexity index is 515. The number of aryl methyl sites for hydroxylation is 1.